The second-order valence-electron chi connectivity index (χ2n) is 6.77. The second kappa shape index (κ2) is 9.53. The Kier molecular flexibility index (Phi) is 6.84. The number of aromatic nitrogens is 2. The number of hydrogen-bond acceptors (Lipinski definition) is 7. The summed E-state index contributed by atoms with van der Waals surface area (Å²) in [6.45, 7) is 6.39. The van der Waals surface area contributed by atoms with E-state index in [0.29, 0.717) is 23.7 Å². The standard InChI is InChI=1S/C20H26N4O5/c1-14(21-8-3-9-23-10-12-29-13-11-23)17-18(25)22-20(27)24(19(17)26)15-4-6-16(28-2)7-5-15/h4-7,26H,3,8-13H2,1-2H3,(H,22,25,27). The van der Waals surface area contributed by atoms with Crippen molar-refractivity contribution in [3.05, 3.63) is 50.7 Å². The molecular weight excluding hydrogens is 376 g/mol. The van der Waals surface area contributed by atoms with Gasteiger partial charge in [0.2, 0.25) is 5.88 Å². The third kappa shape index (κ3) is 4.93. The summed E-state index contributed by atoms with van der Waals surface area (Å²) >= 11 is 0. The number of morpholine rings is 1. The number of H-pyrrole nitrogens is 1. The number of nitrogens with zero attached hydrogens (tertiary/aromatic N) is 3. The zero-order valence-electron chi connectivity index (χ0n) is 16.7. The molecule has 1 aromatic heterocycles. The largest absolute Gasteiger partial charge is 0.497 e. The number of methoxy groups -OCH3 is 1. The van der Waals surface area contributed by atoms with E-state index in [9.17, 15) is 14.7 Å². The Morgan fingerprint density at radius 3 is 2.59 bits per heavy atom. The van der Waals surface area contributed by atoms with Gasteiger partial charge in [0.15, 0.2) is 0 Å². The molecule has 3 rings (SSSR count). The van der Waals surface area contributed by atoms with Gasteiger partial charge in [-0.1, -0.05) is 0 Å². The van der Waals surface area contributed by atoms with E-state index in [-0.39, 0.29) is 5.56 Å². The Balaban J connectivity index is 1.80. The molecule has 0 aliphatic carbocycles. The molecule has 0 bridgehead atoms. The third-order valence-electron chi connectivity index (χ3n) is 4.86. The minimum absolute atomic E-state index is 0.00760. The van der Waals surface area contributed by atoms with Crippen molar-refractivity contribution in [3.8, 4) is 17.3 Å². The highest BCUT2D eigenvalue weighted by atomic mass is 16.5. The molecule has 1 aromatic carbocycles. The molecule has 0 saturated carbocycles. The van der Waals surface area contributed by atoms with Crippen LogP contribution < -0.4 is 16.0 Å². The smallest absolute Gasteiger partial charge is 0.335 e. The number of benzene rings is 1. The fourth-order valence-electron chi connectivity index (χ4n) is 3.27. The summed E-state index contributed by atoms with van der Waals surface area (Å²) in [5.74, 6) is 0.183. The van der Waals surface area contributed by atoms with E-state index < -0.39 is 17.1 Å². The molecule has 0 radical (unpaired) electrons. The number of ether oxygens (including phenoxy) is 2. The summed E-state index contributed by atoms with van der Waals surface area (Å²) in [6, 6.07) is 6.57. The van der Waals surface area contributed by atoms with Gasteiger partial charge in [0.25, 0.3) is 5.56 Å². The van der Waals surface area contributed by atoms with Crippen molar-refractivity contribution >= 4 is 5.71 Å². The van der Waals surface area contributed by atoms with E-state index in [1.807, 2.05) is 0 Å². The Morgan fingerprint density at radius 1 is 1.24 bits per heavy atom. The normalized spacial score (nSPS) is 15.4. The molecule has 2 heterocycles. The van der Waals surface area contributed by atoms with E-state index >= 15 is 0 Å². The molecule has 9 heteroatoms. The van der Waals surface area contributed by atoms with Crippen LogP contribution in [0.25, 0.3) is 5.69 Å². The zero-order valence-corrected chi connectivity index (χ0v) is 16.7. The van der Waals surface area contributed by atoms with Gasteiger partial charge in [-0.25, -0.2) is 9.36 Å². The van der Waals surface area contributed by atoms with Crippen LogP contribution in [-0.4, -0.2) is 71.8 Å². The quantitative estimate of drug-likeness (QED) is 0.523. The maximum absolute atomic E-state index is 12.3. The first-order chi connectivity index (χ1) is 14.0. The van der Waals surface area contributed by atoms with Crippen molar-refractivity contribution in [2.45, 2.75) is 13.3 Å². The summed E-state index contributed by atoms with van der Waals surface area (Å²) < 4.78 is 11.5. The first kappa shape index (κ1) is 20.8. The van der Waals surface area contributed by atoms with Gasteiger partial charge in [0, 0.05) is 31.9 Å². The van der Waals surface area contributed by atoms with Crippen LogP contribution in [-0.2, 0) is 4.74 Å². The van der Waals surface area contributed by atoms with Gasteiger partial charge >= 0.3 is 5.69 Å². The Hall–Kier alpha value is -2.91. The number of aromatic hydroxyl groups is 1. The van der Waals surface area contributed by atoms with Gasteiger partial charge in [-0.05, 0) is 37.6 Å². The monoisotopic (exact) mass is 402 g/mol. The second-order valence-corrected chi connectivity index (χ2v) is 6.77. The van der Waals surface area contributed by atoms with Crippen LogP contribution in [0, 0.1) is 0 Å². The minimum Gasteiger partial charge on any atom is -0.497 e. The summed E-state index contributed by atoms with van der Waals surface area (Å²) in [6.07, 6.45) is 0.828. The van der Waals surface area contributed by atoms with E-state index in [1.54, 1.807) is 31.2 Å². The molecule has 1 fully saturated rings. The third-order valence-corrected chi connectivity index (χ3v) is 4.86. The van der Waals surface area contributed by atoms with Gasteiger partial charge in [0.05, 0.1) is 26.0 Å². The van der Waals surface area contributed by atoms with E-state index in [4.69, 9.17) is 9.47 Å². The van der Waals surface area contributed by atoms with Crippen LogP contribution in [0.2, 0.25) is 0 Å². The maximum Gasteiger partial charge on any atom is 0.335 e. The van der Waals surface area contributed by atoms with Gasteiger partial charge in [-0.15, -0.1) is 0 Å². The lowest BCUT2D eigenvalue weighted by Gasteiger charge is -2.26. The average molecular weight is 402 g/mol. The number of aliphatic imine (C=N–C) groups is 1. The van der Waals surface area contributed by atoms with Crippen LogP contribution in [0.4, 0.5) is 0 Å². The molecule has 9 nitrogen and oxygen atoms in total. The molecule has 156 valence electrons. The van der Waals surface area contributed by atoms with Gasteiger partial charge in [-0.3, -0.25) is 19.7 Å². The molecule has 0 unspecified atom stereocenters. The van der Waals surface area contributed by atoms with Crippen LogP contribution in [0.3, 0.4) is 0 Å². The predicted molar refractivity (Wildman–Crippen MR) is 110 cm³/mol. The molecule has 2 aromatic rings. The van der Waals surface area contributed by atoms with Gasteiger partial charge in [0.1, 0.15) is 11.3 Å². The summed E-state index contributed by atoms with van der Waals surface area (Å²) in [4.78, 5) is 33.6. The van der Waals surface area contributed by atoms with Crippen molar-refractivity contribution in [2.24, 2.45) is 4.99 Å². The lowest BCUT2D eigenvalue weighted by Crippen LogP contribution is -2.37. The Morgan fingerprint density at radius 2 is 1.93 bits per heavy atom. The first-order valence-corrected chi connectivity index (χ1v) is 9.55. The topological polar surface area (TPSA) is 109 Å². The fourth-order valence-corrected chi connectivity index (χ4v) is 3.27. The highest BCUT2D eigenvalue weighted by Gasteiger charge is 2.18. The van der Waals surface area contributed by atoms with Crippen molar-refractivity contribution in [2.75, 3.05) is 46.5 Å². The number of nitrogens with one attached hydrogen (secondary N) is 1. The summed E-state index contributed by atoms with van der Waals surface area (Å²) in [5.41, 5.74) is -0.598. The molecule has 1 aliphatic heterocycles. The van der Waals surface area contributed by atoms with Crippen molar-refractivity contribution < 1.29 is 14.6 Å². The van der Waals surface area contributed by atoms with Crippen LogP contribution in [0.1, 0.15) is 18.9 Å². The molecule has 1 saturated heterocycles. The van der Waals surface area contributed by atoms with Crippen LogP contribution in [0.15, 0.2) is 38.8 Å². The number of hydrogen-bond donors (Lipinski definition) is 2. The van der Waals surface area contributed by atoms with Crippen molar-refractivity contribution in [1.82, 2.24) is 14.5 Å². The van der Waals surface area contributed by atoms with E-state index in [1.165, 1.54) is 7.11 Å². The van der Waals surface area contributed by atoms with Gasteiger partial charge in [-0.2, -0.15) is 0 Å². The number of rotatable bonds is 7. The molecule has 0 amide bonds. The molecular formula is C20H26N4O5. The van der Waals surface area contributed by atoms with E-state index in [2.05, 4.69) is 14.9 Å². The van der Waals surface area contributed by atoms with Crippen molar-refractivity contribution in [3.63, 3.8) is 0 Å². The maximum atomic E-state index is 12.3. The highest BCUT2D eigenvalue weighted by molar-refractivity contribution is 6.00. The molecule has 0 atom stereocenters. The predicted octanol–water partition coefficient (Wildman–Crippen LogP) is 0.771. The minimum atomic E-state index is -0.721. The zero-order chi connectivity index (χ0) is 20.8. The fraction of sp³-hybridized carbons (Fsp3) is 0.450. The van der Waals surface area contributed by atoms with E-state index in [0.717, 1.165) is 43.8 Å². The van der Waals surface area contributed by atoms with Gasteiger partial charge < -0.3 is 14.6 Å². The van der Waals surface area contributed by atoms with Crippen LogP contribution >= 0.6 is 0 Å². The van der Waals surface area contributed by atoms with Crippen molar-refractivity contribution in [1.29, 1.82) is 0 Å². The Bertz CT molecular complexity index is 972. The summed E-state index contributed by atoms with van der Waals surface area (Å²) in [5, 5.41) is 10.7. The Labute approximate surface area is 168 Å². The molecule has 2 N–H and O–H groups in total. The molecule has 0 spiro atoms. The number of aromatic amines is 1. The lowest BCUT2D eigenvalue weighted by molar-refractivity contribution is 0.0377. The SMILES string of the molecule is COc1ccc(-n2c(O)c(C(C)=NCCCN3CCOCC3)c(=O)[nH]c2=O)cc1. The first-order valence-electron chi connectivity index (χ1n) is 9.55. The lowest BCUT2D eigenvalue weighted by atomic mass is 10.2. The summed E-state index contributed by atoms with van der Waals surface area (Å²) in [7, 11) is 1.54. The highest BCUT2D eigenvalue weighted by Crippen LogP contribution is 2.19. The molecule has 1 aliphatic rings. The van der Waals surface area contributed by atoms with Crippen LogP contribution in [0.5, 0.6) is 11.6 Å². The molecule has 29 heavy (non-hydrogen) atoms. The average Bonchev–Trinajstić information content (AvgIpc) is 2.72.